The molecule has 10 heteroatoms. The van der Waals surface area contributed by atoms with Gasteiger partial charge in [0.25, 0.3) is 5.91 Å². The first kappa shape index (κ1) is 27.8. The van der Waals surface area contributed by atoms with Crippen molar-refractivity contribution in [1.29, 1.82) is 0 Å². The first-order valence-corrected chi connectivity index (χ1v) is 13.8. The Kier molecular flexibility index (Phi) is 10.9. The van der Waals surface area contributed by atoms with Gasteiger partial charge in [0.1, 0.15) is 6.10 Å². The third-order valence-electron chi connectivity index (χ3n) is 5.94. The van der Waals surface area contributed by atoms with Crippen molar-refractivity contribution in [1.82, 2.24) is 10.2 Å². The molecule has 0 spiro atoms. The van der Waals surface area contributed by atoms with E-state index < -0.39 is 12.2 Å². The Morgan fingerprint density at radius 1 is 1.06 bits per heavy atom. The van der Waals surface area contributed by atoms with Crippen LogP contribution in [0.4, 0.5) is 21.0 Å². The average Bonchev–Trinajstić information content (AvgIpc) is 3.47. The lowest BCUT2D eigenvalue weighted by Gasteiger charge is -2.23. The maximum atomic E-state index is 12.9. The normalized spacial score (nSPS) is 15.0. The second-order valence-electron chi connectivity index (χ2n) is 8.81. The summed E-state index contributed by atoms with van der Waals surface area (Å²) in [5, 5.41) is 5.76. The van der Waals surface area contributed by atoms with Gasteiger partial charge in [-0.05, 0) is 49.2 Å². The van der Waals surface area contributed by atoms with Gasteiger partial charge >= 0.3 is 12.1 Å². The number of carbonyl (C=O) groups is 3. The van der Waals surface area contributed by atoms with Crippen LogP contribution in [0.25, 0.3) is 0 Å². The highest BCUT2D eigenvalue weighted by atomic mass is 35.5. The lowest BCUT2D eigenvalue weighted by atomic mass is 10.2. The molecule has 1 aromatic heterocycles. The van der Waals surface area contributed by atoms with Gasteiger partial charge in [-0.3, -0.25) is 9.69 Å². The van der Waals surface area contributed by atoms with Gasteiger partial charge in [0.15, 0.2) is 0 Å². The van der Waals surface area contributed by atoms with Crippen LogP contribution in [0.3, 0.4) is 0 Å². The zero-order valence-electron chi connectivity index (χ0n) is 20.9. The standard InChI is InChI=1S/C26H35ClN4O4S/c1-3-5-7-15-30(16-8-6-4-2)25(33)29-19-9-11-20(12-10-19)31-18-21(35-26(31)34)17-28-24(32)22-13-14-23(27)36-22/h9-14,21H,3-8,15-18H2,1-2H3,(H,28,32)(H,29,33)/t21-/m0/s1. The molecule has 1 aliphatic rings. The molecule has 1 aliphatic heterocycles. The number of unbranched alkanes of at least 4 members (excludes halogenated alkanes) is 4. The van der Waals surface area contributed by atoms with Crippen LogP contribution in [0.2, 0.25) is 4.34 Å². The number of nitrogens with one attached hydrogen (secondary N) is 2. The van der Waals surface area contributed by atoms with E-state index in [2.05, 4.69) is 24.5 Å². The average molecular weight is 535 g/mol. The molecule has 3 rings (SSSR count). The van der Waals surface area contributed by atoms with Gasteiger partial charge in [0, 0.05) is 24.5 Å². The molecule has 1 aromatic carbocycles. The number of cyclic esters (lactones) is 1. The van der Waals surface area contributed by atoms with Crippen LogP contribution in [0, 0.1) is 0 Å². The van der Waals surface area contributed by atoms with Crippen LogP contribution < -0.4 is 15.5 Å². The predicted molar refractivity (Wildman–Crippen MR) is 145 cm³/mol. The number of hydrogen-bond donors (Lipinski definition) is 2. The number of thiophene rings is 1. The van der Waals surface area contributed by atoms with Crippen molar-refractivity contribution < 1.29 is 19.1 Å². The summed E-state index contributed by atoms with van der Waals surface area (Å²) in [6.45, 7) is 6.32. The number of urea groups is 1. The SMILES string of the molecule is CCCCCN(CCCCC)C(=O)Nc1ccc(N2C[C@H](CNC(=O)c3ccc(Cl)s3)OC2=O)cc1. The first-order chi connectivity index (χ1) is 17.4. The Bertz CT molecular complexity index is 1000. The van der Waals surface area contributed by atoms with Gasteiger partial charge in [-0.15, -0.1) is 11.3 Å². The van der Waals surface area contributed by atoms with E-state index in [1.807, 2.05) is 4.90 Å². The molecule has 2 N–H and O–H groups in total. The molecule has 2 heterocycles. The molecule has 0 aliphatic carbocycles. The summed E-state index contributed by atoms with van der Waals surface area (Å²) in [4.78, 5) is 41.4. The molecular formula is C26H35ClN4O4S. The molecule has 1 saturated heterocycles. The van der Waals surface area contributed by atoms with E-state index in [-0.39, 0.29) is 18.5 Å². The maximum Gasteiger partial charge on any atom is 0.414 e. The predicted octanol–water partition coefficient (Wildman–Crippen LogP) is 6.37. The van der Waals surface area contributed by atoms with Crippen molar-refractivity contribution in [2.75, 3.05) is 36.4 Å². The summed E-state index contributed by atoms with van der Waals surface area (Å²) in [6.07, 6.45) is 5.49. The quantitative estimate of drug-likeness (QED) is 0.292. The van der Waals surface area contributed by atoms with Gasteiger partial charge in [0.05, 0.1) is 22.3 Å². The van der Waals surface area contributed by atoms with Crippen LogP contribution in [0.5, 0.6) is 0 Å². The van der Waals surface area contributed by atoms with E-state index in [9.17, 15) is 14.4 Å². The number of rotatable bonds is 13. The first-order valence-electron chi connectivity index (χ1n) is 12.6. The lowest BCUT2D eigenvalue weighted by Crippen LogP contribution is -2.36. The molecule has 2 aromatic rings. The molecule has 0 saturated carbocycles. The van der Waals surface area contributed by atoms with E-state index in [1.165, 1.54) is 16.2 Å². The Hall–Kier alpha value is -2.78. The fourth-order valence-electron chi connectivity index (χ4n) is 3.92. The largest absolute Gasteiger partial charge is 0.442 e. The molecule has 0 unspecified atom stereocenters. The third kappa shape index (κ3) is 8.13. The number of nitrogens with zero attached hydrogens (tertiary/aromatic N) is 2. The number of carbonyl (C=O) groups excluding carboxylic acids is 3. The van der Waals surface area contributed by atoms with Crippen molar-refractivity contribution in [2.24, 2.45) is 0 Å². The highest BCUT2D eigenvalue weighted by Crippen LogP contribution is 2.24. The van der Waals surface area contributed by atoms with Crippen molar-refractivity contribution in [2.45, 2.75) is 58.5 Å². The van der Waals surface area contributed by atoms with E-state index in [4.69, 9.17) is 16.3 Å². The number of ether oxygens (including phenoxy) is 1. The van der Waals surface area contributed by atoms with Gasteiger partial charge in [-0.1, -0.05) is 51.1 Å². The van der Waals surface area contributed by atoms with Crippen molar-refractivity contribution >= 4 is 52.3 Å². The Balaban J connectivity index is 1.51. The maximum absolute atomic E-state index is 12.9. The summed E-state index contributed by atoms with van der Waals surface area (Å²) in [7, 11) is 0. The Labute approximate surface area is 221 Å². The number of hydrogen-bond acceptors (Lipinski definition) is 5. The van der Waals surface area contributed by atoms with E-state index in [0.29, 0.717) is 27.1 Å². The molecule has 36 heavy (non-hydrogen) atoms. The minimum absolute atomic E-state index is 0.0987. The van der Waals surface area contributed by atoms with E-state index >= 15 is 0 Å². The van der Waals surface area contributed by atoms with E-state index in [0.717, 1.165) is 51.6 Å². The minimum Gasteiger partial charge on any atom is -0.442 e. The van der Waals surface area contributed by atoms with Gasteiger partial charge < -0.3 is 20.3 Å². The smallest absolute Gasteiger partial charge is 0.414 e. The van der Waals surface area contributed by atoms with Gasteiger partial charge in [-0.25, -0.2) is 9.59 Å². The number of halogens is 1. The highest BCUT2D eigenvalue weighted by molar-refractivity contribution is 7.18. The molecule has 0 bridgehead atoms. The molecular weight excluding hydrogens is 500 g/mol. The van der Waals surface area contributed by atoms with Crippen LogP contribution >= 0.6 is 22.9 Å². The summed E-state index contributed by atoms with van der Waals surface area (Å²) in [5.41, 5.74) is 1.34. The summed E-state index contributed by atoms with van der Waals surface area (Å²) in [6, 6.07) is 10.4. The molecule has 0 radical (unpaired) electrons. The van der Waals surface area contributed by atoms with Crippen molar-refractivity contribution in [3.63, 3.8) is 0 Å². The highest BCUT2D eigenvalue weighted by Gasteiger charge is 2.32. The van der Waals surface area contributed by atoms with Crippen LogP contribution in [-0.4, -0.2) is 55.2 Å². The molecule has 196 valence electrons. The van der Waals surface area contributed by atoms with Gasteiger partial charge in [-0.2, -0.15) is 0 Å². The summed E-state index contributed by atoms with van der Waals surface area (Å²) < 4.78 is 5.95. The second-order valence-corrected chi connectivity index (χ2v) is 10.5. The summed E-state index contributed by atoms with van der Waals surface area (Å²) in [5.74, 6) is -0.250. The lowest BCUT2D eigenvalue weighted by molar-refractivity contribution is 0.0920. The topological polar surface area (TPSA) is 91.0 Å². The van der Waals surface area contributed by atoms with Crippen LogP contribution in [0.15, 0.2) is 36.4 Å². The number of anilines is 2. The number of amides is 4. The molecule has 8 nitrogen and oxygen atoms in total. The fourth-order valence-corrected chi connectivity index (χ4v) is 4.88. The van der Waals surface area contributed by atoms with Crippen LogP contribution in [-0.2, 0) is 4.74 Å². The molecule has 1 fully saturated rings. The Morgan fingerprint density at radius 2 is 1.72 bits per heavy atom. The van der Waals surface area contributed by atoms with Crippen LogP contribution in [0.1, 0.15) is 62.0 Å². The third-order valence-corrected chi connectivity index (χ3v) is 7.17. The minimum atomic E-state index is -0.469. The van der Waals surface area contributed by atoms with E-state index in [1.54, 1.807) is 36.4 Å². The number of benzene rings is 1. The zero-order chi connectivity index (χ0) is 25.9. The molecule has 4 amide bonds. The summed E-state index contributed by atoms with van der Waals surface area (Å²) >= 11 is 7.08. The monoisotopic (exact) mass is 534 g/mol. The van der Waals surface area contributed by atoms with Crippen molar-refractivity contribution in [3.8, 4) is 0 Å². The zero-order valence-corrected chi connectivity index (χ0v) is 22.5. The fraction of sp³-hybridized carbons (Fsp3) is 0.500. The Morgan fingerprint density at radius 3 is 2.31 bits per heavy atom. The van der Waals surface area contributed by atoms with Gasteiger partial charge in [0.2, 0.25) is 0 Å². The molecule has 1 atom stereocenters. The van der Waals surface area contributed by atoms with Crippen molar-refractivity contribution in [3.05, 3.63) is 45.6 Å². The second kappa shape index (κ2) is 14.1.